The van der Waals surface area contributed by atoms with Gasteiger partial charge in [0.15, 0.2) is 0 Å². The topological polar surface area (TPSA) is 79.0 Å². The van der Waals surface area contributed by atoms with E-state index in [0.29, 0.717) is 44.5 Å². The highest BCUT2D eigenvalue weighted by atomic mass is 32.2. The van der Waals surface area contributed by atoms with Crippen LogP contribution in [-0.2, 0) is 26.0 Å². The average molecular weight is 476 g/mol. The van der Waals surface area contributed by atoms with E-state index in [2.05, 4.69) is 10.2 Å². The number of hydrogen-bond donors (Lipinski definition) is 1. The van der Waals surface area contributed by atoms with Gasteiger partial charge in [0.1, 0.15) is 5.82 Å². The molecule has 0 saturated carbocycles. The summed E-state index contributed by atoms with van der Waals surface area (Å²) in [5.74, 6) is 0.208. The number of halogens is 1. The molecule has 1 amide bonds. The zero-order chi connectivity index (χ0) is 23.3. The Hall–Kier alpha value is -2.33. The summed E-state index contributed by atoms with van der Waals surface area (Å²) < 4.78 is 45.1. The number of likely N-dealkylation sites (tertiary alicyclic amines) is 1. The van der Waals surface area contributed by atoms with Gasteiger partial charge in [-0.05, 0) is 80.2 Å². The molecule has 2 saturated heterocycles. The van der Waals surface area contributed by atoms with Crippen molar-refractivity contribution in [1.82, 2.24) is 9.21 Å². The first-order chi connectivity index (χ1) is 15.9. The van der Waals surface area contributed by atoms with Crippen molar-refractivity contribution in [3.05, 3.63) is 59.9 Å². The van der Waals surface area contributed by atoms with Gasteiger partial charge in [0, 0.05) is 18.8 Å². The Balaban J connectivity index is 1.23. The third-order valence-corrected chi connectivity index (χ3v) is 8.17. The molecule has 2 heterocycles. The smallest absolute Gasteiger partial charge is 0.243 e. The molecule has 33 heavy (non-hydrogen) atoms. The van der Waals surface area contributed by atoms with Gasteiger partial charge in [-0.1, -0.05) is 12.1 Å². The number of morpholine rings is 1. The summed E-state index contributed by atoms with van der Waals surface area (Å²) in [6.07, 6.45) is 2.93. The van der Waals surface area contributed by atoms with Gasteiger partial charge in [0.05, 0.1) is 24.7 Å². The number of carbonyl (C=O) groups is 1. The highest BCUT2D eigenvalue weighted by molar-refractivity contribution is 7.89. The molecule has 4 rings (SSSR count). The van der Waals surface area contributed by atoms with Crippen LogP contribution in [0, 0.1) is 11.7 Å². The van der Waals surface area contributed by atoms with Crippen molar-refractivity contribution < 1.29 is 22.3 Å². The van der Waals surface area contributed by atoms with Crippen LogP contribution in [0.5, 0.6) is 0 Å². The van der Waals surface area contributed by atoms with Crippen LogP contribution in [0.25, 0.3) is 0 Å². The van der Waals surface area contributed by atoms with Gasteiger partial charge < -0.3 is 10.1 Å². The molecule has 2 aromatic rings. The monoisotopic (exact) mass is 475 g/mol. The molecule has 2 aliphatic rings. The van der Waals surface area contributed by atoms with Crippen molar-refractivity contribution in [3.8, 4) is 0 Å². The Morgan fingerprint density at radius 1 is 0.970 bits per heavy atom. The van der Waals surface area contributed by atoms with Crippen LogP contribution in [-0.4, -0.2) is 69.5 Å². The largest absolute Gasteiger partial charge is 0.379 e. The van der Waals surface area contributed by atoms with E-state index in [1.165, 1.54) is 28.6 Å². The molecule has 7 nitrogen and oxygen atoms in total. The summed E-state index contributed by atoms with van der Waals surface area (Å²) in [4.78, 5) is 14.8. The van der Waals surface area contributed by atoms with E-state index in [9.17, 15) is 17.6 Å². The van der Waals surface area contributed by atoms with Crippen molar-refractivity contribution >= 4 is 21.6 Å². The summed E-state index contributed by atoms with van der Waals surface area (Å²) in [6.45, 7) is 3.49. The third kappa shape index (κ3) is 6.38. The minimum Gasteiger partial charge on any atom is -0.379 e. The van der Waals surface area contributed by atoms with Crippen LogP contribution in [0.15, 0.2) is 53.4 Å². The SMILES string of the molecule is O=C(CN1CCC(Cc2ccc(F)cc2)CC1)Nc1ccc(S(=O)(=O)N2CCOCC2)cc1. The van der Waals surface area contributed by atoms with Crippen LogP contribution >= 0.6 is 0 Å². The predicted molar refractivity (Wildman–Crippen MR) is 124 cm³/mol. The molecule has 0 atom stereocenters. The molecule has 2 fully saturated rings. The fraction of sp³-hybridized carbons (Fsp3) is 0.458. The number of anilines is 1. The van der Waals surface area contributed by atoms with Gasteiger partial charge in [-0.15, -0.1) is 0 Å². The minimum atomic E-state index is -3.55. The van der Waals surface area contributed by atoms with Gasteiger partial charge in [-0.25, -0.2) is 12.8 Å². The first-order valence-corrected chi connectivity index (χ1v) is 12.8. The van der Waals surface area contributed by atoms with Crippen molar-refractivity contribution in [1.29, 1.82) is 0 Å². The fourth-order valence-corrected chi connectivity index (χ4v) is 5.76. The fourth-order valence-electron chi connectivity index (χ4n) is 4.35. The lowest BCUT2D eigenvalue weighted by molar-refractivity contribution is -0.117. The van der Waals surface area contributed by atoms with Gasteiger partial charge >= 0.3 is 0 Å². The lowest BCUT2D eigenvalue weighted by atomic mass is 9.90. The number of piperidine rings is 1. The van der Waals surface area contributed by atoms with E-state index >= 15 is 0 Å². The summed E-state index contributed by atoms with van der Waals surface area (Å²) in [6, 6.07) is 13.0. The summed E-state index contributed by atoms with van der Waals surface area (Å²) in [5.41, 5.74) is 1.72. The standard InChI is InChI=1S/C24H30FN3O4S/c25-21-3-1-19(2-4-21)17-20-9-11-27(12-10-20)18-24(29)26-22-5-7-23(8-6-22)33(30,31)28-13-15-32-16-14-28/h1-8,20H,9-18H2,(H,26,29). The summed E-state index contributed by atoms with van der Waals surface area (Å²) in [5, 5.41) is 2.86. The maximum Gasteiger partial charge on any atom is 0.243 e. The number of amides is 1. The second-order valence-corrected chi connectivity index (χ2v) is 10.6. The molecular weight excluding hydrogens is 445 g/mol. The molecule has 0 aromatic heterocycles. The molecule has 2 aromatic carbocycles. The van der Waals surface area contributed by atoms with Gasteiger partial charge in [-0.2, -0.15) is 4.31 Å². The zero-order valence-corrected chi connectivity index (χ0v) is 19.4. The number of nitrogens with one attached hydrogen (secondary N) is 1. The van der Waals surface area contributed by atoms with Crippen LogP contribution in [0.4, 0.5) is 10.1 Å². The molecule has 0 spiro atoms. The zero-order valence-electron chi connectivity index (χ0n) is 18.6. The highest BCUT2D eigenvalue weighted by Crippen LogP contribution is 2.22. The van der Waals surface area contributed by atoms with E-state index in [1.807, 2.05) is 12.1 Å². The average Bonchev–Trinajstić information content (AvgIpc) is 2.83. The molecule has 0 unspecified atom stereocenters. The third-order valence-electron chi connectivity index (χ3n) is 6.26. The summed E-state index contributed by atoms with van der Waals surface area (Å²) in [7, 11) is -3.55. The number of nitrogens with zero attached hydrogens (tertiary/aromatic N) is 2. The second-order valence-electron chi connectivity index (χ2n) is 8.64. The van der Waals surface area contributed by atoms with Crippen molar-refractivity contribution in [2.45, 2.75) is 24.2 Å². The quantitative estimate of drug-likeness (QED) is 0.666. The van der Waals surface area contributed by atoms with Crippen LogP contribution in [0.2, 0.25) is 0 Å². The molecule has 2 aliphatic heterocycles. The number of ether oxygens (including phenoxy) is 1. The first kappa shape index (κ1) is 23.8. The highest BCUT2D eigenvalue weighted by Gasteiger charge is 2.26. The van der Waals surface area contributed by atoms with E-state index in [4.69, 9.17) is 4.74 Å². The number of hydrogen-bond acceptors (Lipinski definition) is 5. The van der Waals surface area contributed by atoms with E-state index in [1.54, 1.807) is 12.1 Å². The molecule has 0 radical (unpaired) electrons. The van der Waals surface area contributed by atoms with Crippen molar-refractivity contribution in [2.24, 2.45) is 5.92 Å². The number of sulfonamides is 1. The minimum absolute atomic E-state index is 0.115. The van der Waals surface area contributed by atoms with Gasteiger partial charge in [0.25, 0.3) is 0 Å². The molecular formula is C24H30FN3O4S. The molecule has 1 N–H and O–H groups in total. The second kappa shape index (κ2) is 10.7. The lowest BCUT2D eigenvalue weighted by Crippen LogP contribution is -2.40. The normalized spacial score (nSPS) is 18.8. The van der Waals surface area contributed by atoms with E-state index in [0.717, 1.165) is 37.9 Å². The van der Waals surface area contributed by atoms with Crippen molar-refractivity contribution in [2.75, 3.05) is 51.3 Å². The molecule has 178 valence electrons. The van der Waals surface area contributed by atoms with E-state index in [-0.39, 0.29) is 16.6 Å². The maximum absolute atomic E-state index is 13.1. The molecule has 9 heteroatoms. The van der Waals surface area contributed by atoms with Gasteiger partial charge in [0.2, 0.25) is 15.9 Å². The number of carbonyl (C=O) groups excluding carboxylic acids is 1. The van der Waals surface area contributed by atoms with Crippen LogP contribution in [0.1, 0.15) is 18.4 Å². The van der Waals surface area contributed by atoms with E-state index < -0.39 is 10.0 Å². The first-order valence-electron chi connectivity index (χ1n) is 11.3. The summed E-state index contributed by atoms with van der Waals surface area (Å²) >= 11 is 0. The Morgan fingerprint density at radius 3 is 2.24 bits per heavy atom. The Labute approximate surface area is 194 Å². The van der Waals surface area contributed by atoms with Crippen LogP contribution in [0.3, 0.4) is 0 Å². The predicted octanol–water partition coefficient (Wildman–Crippen LogP) is 2.74. The number of rotatable bonds is 7. The maximum atomic E-state index is 13.1. The van der Waals surface area contributed by atoms with Crippen molar-refractivity contribution in [3.63, 3.8) is 0 Å². The molecule has 0 aliphatic carbocycles. The Kier molecular flexibility index (Phi) is 7.75. The molecule has 0 bridgehead atoms. The Bertz CT molecular complexity index is 1030. The number of benzene rings is 2. The lowest BCUT2D eigenvalue weighted by Gasteiger charge is -2.31. The Morgan fingerprint density at radius 2 is 1.61 bits per heavy atom. The van der Waals surface area contributed by atoms with Crippen LogP contribution < -0.4 is 5.32 Å². The van der Waals surface area contributed by atoms with Gasteiger partial charge in [-0.3, -0.25) is 9.69 Å².